The molecule has 1 atom stereocenters. The van der Waals surface area contributed by atoms with Crippen LogP contribution in [0.25, 0.3) is 0 Å². The van der Waals surface area contributed by atoms with E-state index >= 15 is 0 Å². The van der Waals surface area contributed by atoms with Crippen molar-refractivity contribution in [2.24, 2.45) is 11.3 Å². The van der Waals surface area contributed by atoms with Crippen molar-refractivity contribution in [3.8, 4) is 0 Å². The molecule has 4 nitrogen and oxygen atoms in total. The summed E-state index contributed by atoms with van der Waals surface area (Å²) in [6.45, 7) is 4.05. The standard InChI is InChI=1S/C13H14BrNO3/c1-13(2)6-9(13)11(16)15-10-4-3-7(14)5-8(10)12(17)18/h3-5,9H,6H2,1-2H3,(H,15,16)(H,17,18). The van der Waals surface area contributed by atoms with Crippen molar-refractivity contribution in [3.05, 3.63) is 28.2 Å². The largest absolute Gasteiger partial charge is 0.478 e. The zero-order chi connectivity index (χ0) is 13.5. The fourth-order valence-electron chi connectivity index (χ4n) is 1.94. The van der Waals surface area contributed by atoms with E-state index < -0.39 is 5.97 Å². The highest BCUT2D eigenvalue weighted by molar-refractivity contribution is 9.10. The quantitative estimate of drug-likeness (QED) is 0.901. The van der Waals surface area contributed by atoms with Crippen LogP contribution in [-0.2, 0) is 4.79 Å². The summed E-state index contributed by atoms with van der Waals surface area (Å²) in [4.78, 5) is 23.0. The third-order valence-electron chi connectivity index (χ3n) is 3.30. The normalized spacial score (nSPS) is 20.3. The lowest BCUT2D eigenvalue weighted by Gasteiger charge is -2.09. The summed E-state index contributed by atoms with van der Waals surface area (Å²) in [7, 11) is 0. The minimum atomic E-state index is -1.05. The molecule has 1 unspecified atom stereocenters. The Hall–Kier alpha value is -1.36. The molecule has 2 N–H and O–H groups in total. The number of anilines is 1. The first-order valence-corrected chi connectivity index (χ1v) is 6.44. The van der Waals surface area contributed by atoms with Gasteiger partial charge < -0.3 is 10.4 Å². The first-order chi connectivity index (χ1) is 8.31. The Labute approximate surface area is 114 Å². The van der Waals surface area contributed by atoms with Crippen molar-refractivity contribution in [3.63, 3.8) is 0 Å². The van der Waals surface area contributed by atoms with Gasteiger partial charge >= 0.3 is 5.97 Å². The molecule has 0 radical (unpaired) electrons. The van der Waals surface area contributed by atoms with Crippen LogP contribution in [0.2, 0.25) is 0 Å². The number of benzene rings is 1. The van der Waals surface area contributed by atoms with Crippen molar-refractivity contribution in [1.29, 1.82) is 0 Å². The van der Waals surface area contributed by atoms with Gasteiger partial charge in [-0.15, -0.1) is 0 Å². The molecule has 1 fully saturated rings. The van der Waals surface area contributed by atoms with Crippen LogP contribution in [0.1, 0.15) is 30.6 Å². The molecule has 1 aromatic rings. The monoisotopic (exact) mass is 311 g/mol. The van der Waals surface area contributed by atoms with Crippen molar-refractivity contribution in [1.82, 2.24) is 0 Å². The topological polar surface area (TPSA) is 66.4 Å². The maximum Gasteiger partial charge on any atom is 0.337 e. The van der Waals surface area contributed by atoms with Crippen LogP contribution in [0.5, 0.6) is 0 Å². The Morgan fingerprint density at radius 3 is 2.56 bits per heavy atom. The van der Waals surface area contributed by atoms with E-state index in [1.165, 1.54) is 6.07 Å². The van der Waals surface area contributed by atoms with Gasteiger partial charge in [0.15, 0.2) is 0 Å². The fraction of sp³-hybridized carbons (Fsp3) is 0.385. The van der Waals surface area contributed by atoms with Gasteiger partial charge in [0.2, 0.25) is 5.91 Å². The Bertz CT molecular complexity index is 525. The highest BCUT2D eigenvalue weighted by Gasteiger charge is 2.50. The van der Waals surface area contributed by atoms with Gasteiger partial charge in [-0.05, 0) is 30.0 Å². The first-order valence-electron chi connectivity index (χ1n) is 5.65. The Kier molecular flexibility index (Phi) is 3.19. The summed E-state index contributed by atoms with van der Waals surface area (Å²) in [6, 6.07) is 4.79. The summed E-state index contributed by atoms with van der Waals surface area (Å²) < 4.78 is 0.671. The molecular weight excluding hydrogens is 298 g/mol. The summed E-state index contributed by atoms with van der Waals surface area (Å²) in [6.07, 6.45) is 0.845. The zero-order valence-electron chi connectivity index (χ0n) is 10.2. The van der Waals surface area contributed by atoms with E-state index in [2.05, 4.69) is 21.2 Å². The third kappa shape index (κ3) is 2.56. The fourth-order valence-corrected chi connectivity index (χ4v) is 2.30. The van der Waals surface area contributed by atoms with Crippen molar-refractivity contribution in [2.45, 2.75) is 20.3 Å². The molecule has 0 bridgehead atoms. The highest BCUT2D eigenvalue weighted by atomic mass is 79.9. The number of rotatable bonds is 3. The van der Waals surface area contributed by atoms with Crippen LogP contribution in [0.15, 0.2) is 22.7 Å². The maximum absolute atomic E-state index is 11.9. The van der Waals surface area contributed by atoms with Crippen molar-refractivity contribution in [2.75, 3.05) is 5.32 Å². The summed E-state index contributed by atoms with van der Waals surface area (Å²) >= 11 is 3.21. The molecule has 0 spiro atoms. The Balaban J connectivity index is 2.19. The molecule has 2 rings (SSSR count). The second kappa shape index (κ2) is 4.39. The van der Waals surface area contributed by atoms with Crippen LogP contribution in [-0.4, -0.2) is 17.0 Å². The Morgan fingerprint density at radius 2 is 2.06 bits per heavy atom. The molecule has 96 valence electrons. The average molecular weight is 312 g/mol. The zero-order valence-corrected chi connectivity index (χ0v) is 11.7. The van der Waals surface area contributed by atoms with E-state index in [1.807, 2.05) is 13.8 Å². The minimum absolute atomic E-state index is 0.0252. The van der Waals surface area contributed by atoms with Gasteiger partial charge in [0.05, 0.1) is 11.3 Å². The van der Waals surface area contributed by atoms with Gasteiger partial charge in [0.1, 0.15) is 0 Å². The SMILES string of the molecule is CC1(C)CC1C(=O)Nc1ccc(Br)cc1C(=O)O. The van der Waals surface area contributed by atoms with E-state index in [0.29, 0.717) is 10.2 Å². The van der Waals surface area contributed by atoms with Gasteiger partial charge in [0.25, 0.3) is 0 Å². The van der Waals surface area contributed by atoms with Crippen LogP contribution >= 0.6 is 15.9 Å². The summed E-state index contributed by atoms with van der Waals surface area (Å²) in [5, 5.41) is 11.8. The van der Waals surface area contributed by atoms with E-state index in [0.717, 1.165) is 6.42 Å². The molecule has 1 aliphatic rings. The molecule has 0 heterocycles. The van der Waals surface area contributed by atoms with Gasteiger partial charge in [-0.1, -0.05) is 29.8 Å². The van der Waals surface area contributed by atoms with Gasteiger partial charge in [-0.2, -0.15) is 0 Å². The average Bonchev–Trinajstić information content (AvgIpc) is 2.90. The number of carbonyl (C=O) groups excluding carboxylic acids is 1. The van der Waals surface area contributed by atoms with Crippen LogP contribution < -0.4 is 5.32 Å². The number of carboxylic acids is 1. The third-order valence-corrected chi connectivity index (χ3v) is 3.79. The summed E-state index contributed by atoms with van der Waals surface area (Å²) in [5.74, 6) is -1.19. The molecule has 1 saturated carbocycles. The molecule has 1 aromatic carbocycles. The van der Waals surface area contributed by atoms with Crippen LogP contribution in [0.3, 0.4) is 0 Å². The van der Waals surface area contributed by atoms with E-state index in [1.54, 1.807) is 12.1 Å². The molecular formula is C13H14BrNO3. The smallest absolute Gasteiger partial charge is 0.337 e. The second-order valence-electron chi connectivity index (χ2n) is 5.23. The molecule has 0 aliphatic heterocycles. The molecule has 1 amide bonds. The van der Waals surface area contributed by atoms with Gasteiger partial charge in [0, 0.05) is 10.4 Å². The molecule has 0 aromatic heterocycles. The van der Waals surface area contributed by atoms with E-state index in [4.69, 9.17) is 5.11 Å². The lowest BCUT2D eigenvalue weighted by Crippen LogP contribution is -2.18. The second-order valence-corrected chi connectivity index (χ2v) is 6.15. The number of halogens is 1. The van der Waals surface area contributed by atoms with Gasteiger partial charge in [-0.3, -0.25) is 4.79 Å². The number of carboxylic acid groups (broad SMARTS) is 1. The van der Waals surface area contributed by atoms with Crippen LogP contribution in [0.4, 0.5) is 5.69 Å². The molecule has 18 heavy (non-hydrogen) atoms. The van der Waals surface area contributed by atoms with Crippen LogP contribution in [0, 0.1) is 11.3 Å². The van der Waals surface area contributed by atoms with Crippen molar-refractivity contribution < 1.29 is 14.7 Å². The number of hydrogen-bond donors (Lipinski definition) is 2. The number of nitrogens with one attached hydrogen (secondary N) is 1. The summed E-state index contributed by atoms with van der Waals surface area (Å²) in [5.41, 5.74) is 0.470. The number of aromatic carboxylic acids is 1. The highest BCUT2D eigenvalue weighted by Crippen LogP contribution is 2.52. The van der Waals surface area contributed by atoms with E-state index in [9.17, 15) is 9.59 Å². The minimum Gasteiger partial charge on any atom is -0.478 e. The lowest BCUT2D eigenvalue weighted by atomic mass is 10.1. The number of carbonyl (C=O) groups is 2. The molecule has 0 saturated heterocycles. The molecule has 5 heteroatoms. The number of hydrogen-bond acceptors (Lipinski definition) is 2. The Morgan fingerprint density at radius 1 is 1.44 bits per heavy atom. The predicted molar refractivity (Wildman–Crippen MR) is 71.6 cm³/mol. The van der Waals surface area contributed by atoms with E-state index in [-0.39, 0.29) is 22.8 Å². The van der Waals surface area contributed by atoms with Gasteiger partial charge in [-0.25, -0.2) is 4.79 Å². The maximum atomic E-state index is 11.9. The van der Waals surface area contributed by atoms with Crippen molar-refractivity contribution >= 4 is 33.5 Å². The number of amides is 1. The predicted octanol–water partition coefficient (Wildman–Crippen LogP) is 3.13. The lowest BCUT2D eigenvalue weighted by molar-refractivity contribution is -0.118. The molecule has 1 aliphatic carbocycles. The first kappa shape index (κ1) is 13.1.